The first-order chi connectivity index (χ1) is 31.0. The third kappa shape index (κ3) is 8.80. The van der Waals surface area contributed by atoms with E-state index in [1.807, 2.05) is 18.2 Å². The Morgan fingerprint density at radius 1 is 1.05 bits per heavy atom. The molecule has 3 fully saturated rings. The SMILES string of the molecule is O=C(NS(=O)(=O)C1=CC2NC(CC3CCOCC3)=NC2C([N+](=O)[O-])=C1)c1ccc(N2CCN(CC3=C(c4ccc(Cl)cc4)CC4(CCC4)CC3)CC2)cc1Oc1cnc2[nH]ccc2c1. The number of hydrogen-bond acceptors (Lipinski definition) is 12. The number of aliphatic imine (C=N–C) groups is 1. The molecule has 0 bridgehead atoms. The first-order valence-corrected chi connectivity index (χ1v) is 24.1. The third-order valence-electron chi connectivity index (χ3n) is 14.0. The number of aromatic amines is 1. The van der Waals surface area contributed by atoms with Crippen LogP contribution in [0.2, 0.25) is 5.02 Å². The molecule has 10 rings (SSSR count). The van der Waals surface area contributed by atoms with Crippen LogP contribution in [0.4, 0.5) is 5.69 Å². The molecule has 3 aliphatic carbocycles. The largest absolute Gasteiger partial charge is 0.455 e. The van der Waals surface area contributed by atoms with E-state index in [-0.39, 0.29) is 17.0 Å². The van der Waals surface area contributed by atoms with Crippen LogP contribution in [0, 0.1) is 21.4 Å². The molecule has 334 valence electrons. The predicted molar refractivity (Wildman–Crippen MR) is 246 cm³/mol. The first kappa shape index (κ1) is 42.4. The summed E-state index contributed by atoms with van der Waals surface area (Å²) in [5.74, 6) is 0.447. The Kier molecular flexibility index (Phi) is 11.6. The van der Waals surface area contributed by atoms with Gasteiger partial charge in [0.05, 0.1) is 33.5 Å². The number of nitrogens with one attached hydrogen (secondary N) is 3. The summed E-state index contributed by atoms with van der Waals surface area (Å²) in [6.07, 6.45) is 15.4. The van der Waals surface area contributed by atoms with Crippen molar-refractivity contribution in [2.75, 3.05) is 50.8 Å². The molecule has 2 aromatic heterocycles. The van der Waals surface area contributed by atoms with E-state index in [4.69, 9.17) is 21.1 Å². The number of amides is 1. The normalized spacial score (nSPS) is 22.6. The molecule has 1 amide bonds. The number of hydrogen-bond donors (Lipinski definition) is 3. The number of nitrogens with zero attached hydrogens (tertiary/aromatic N) is 5. The number of amidine groups is 1. The highest BCUT2D eigenvalue weighted by atomic mass is 35.5. The molecule has 1 spiro atoms. The molecule has 2 unspecified atom stereocenters. The van der Waals surface area contributed by atoms with Crippen molar-refractivity contribution >= 4 is 55.7 Å². The topological polar surface area (TPSA) is 184 Å². The minimum Gasteiger partial charge on any atom is -0.455 e. The lowest BCUT2D eigenvalue weighted by molar-refractivity contribution is -0.429. The molecule has 3 N–H and O–H groups in total. The van der Waals surface area contributed by atoms with E-state index in [1.165, 1.54) is 54.7 Å². The van der Waals surface area contributed by atoms with E-state index >= 15 is 0 Å². The number of aromatic nitrogens is 2. The van der Waals surface area contributed by atoms with Crippen LogP contribution in [0.15, 0.2) is 100 Å². The van der Waals surface area contributed by atoms with Gasteiger partial charge in [-0.25, -0.2) is 18.1 Å². The number of allylic oxidation sites excluding steroid dienone is 2. The van der Waals surface area contributed by atoms with Crippen molar-refractivity contribution in [3.05, 3.63) is 122 Å². The molecular weight excluding hydrogens is 856 g/mol. The second kappa shape index (κ2) is 17.4. The summed E-state index contributed by atoms with van der Waals surface area (Å²) >= 11 is 6.29. The summed E-state index contributed by atoms with van der Waals surface area (Å²) < 4.78 is 41.9. The smallest absolute Gasteiger partial charge is 0.274 e. The quantitative estimate of drug-likeness (QED) is 0.0939. The van der Waals surface area contributed by atoms with Gasteiger partial charge >= 0.3 is 0 Å². The summed E-state index contributed by atoms with van der Waals surface area (Å²) in [6, 6.07) is 15.4. The Balaban J connectivity index is 0.868. The number of pyridine rings is 1. The minimum absolute atomic E-state index is 0.0304. The Morgan fingerprint density at radius 2 is 1.84 bits per heavy atom. The fourth-order valence-electron chi connectivity index (χ4n) is 10.2. The zero-order chi connectivity index (χ0) is 44.0. The molecule has 17 heteroatoms. The molecule has 15 nitrogen and oxygen atoms in total. The molecule has 1 saturated carbocycles. The van der Waals surface area contributed by atoms with Gasteiger partial charge in [0.25, 0.3) is 21.6 Å². The average Bonchev–Trinajstić information content (AvgIpc) is 3.93. The van der Waals surface area contributed by atoms with Gasteiger partial charge in [0, 0.05) is 86.8 Å². The second-order valence-corrected chi connectivity index (χ2v) is 20.2. The summed E-state index contributed by atoms with van der Waals surface area (Å²) in [5, 5.41) is 17.0. The number of carbonyl (C=O) groups is 1. The molecule has 2 aromatic carbocycles. The number of H-pyrrole nitrogens is 1. The van der Waals surface area contributed by atoms with Crippen LogP contribution in [0.5, 0.6) is 11.5 Å². The van der Waals surface area contributed by atoms with Gasteiger partial charge in [-0.2, -0.15) is 0 Å². The van der Waals surface area contributed by atoms with E-state index in [2.05, 4.69) is 46.9 Å². The van der Waals surface area contributed by atoms with Crippen molar-refractivity contribution in [3.63, 3.8) is 0 Å². The van der Waals surface area contributed by atoms with Crippen LogP contribution in [0.3, 0.4) is 0 Å². The maximum atomic E-state index is 14.1. The Bertz CT molecular complexity index is 2710. The number of piperazine rings is 1. The number of nitro groups is 1. The van der Waals surface area contributed by atoms with Gasteiger partial charge in [-0.3, -0.25) is 24.8 Å². The van der Waals surface area contributed by atoms with Gasteiger partial charge < -0.3 is 24.7 Å². The maximum absolute atomic E-state index is 14.1. The van der Waals surface area contributed by atoms with Crippen molar-refractivity contribution in [3.8, 4) is 11.5 Å². The number of benzene rings is 2. The van der Waals surface area contributed by atoms with Crippen molar-refractivity contribution in [1.29, 1.82) is 0 Å². The summed E-state index contributed by atoms with van der Waals surface area (Å²) in [7, 11) is -4.59. The molecule has 2 atom stereocenters. The monoisotopic (exact) mass is 906 g/mol. The van der Waals surface area contributed by atoms with Crippen LogP contribution in [0.1, 0.15) is 73.7 Å². The Hall–Kier alpha value is -5.55. The van der Waals surface area contributed by atoms with E-state index in [9.17, 15) is 23.3 Å². The minimum atomic E-state index is -4.59. The summed E-state index contributed by atoms with van der Waals surface area (Å²) in [6.45, 7) is 5.34. The fourth-order valence-corrected chi connectivity index (χ4v) is 11.4. The van der Waals surface area contributed by atoms with Crippen LogP contribution >= 0.6 is 11.6 Å². The molecule has 5 heterocycles. The Labute approximate surface area is 376 Å². The Morgan fingerprint density at radius 3 is 2.59 bits per heavy atom. The van der Waals surface area contributed by atoms with E-state index in [0.717, 1.165) is 80.6 Å². The second-order valence-electron chi connectivity index (χ2n) is 18.0. The molecular formula is C47H51ClN8O7S. The van der Waals surface area contributed by atoms with Gasteiger partial charge in [-0.05, 0) is 110 Å². The number of sulfonamides is 1. The molecule has 4 aromatic rings. The van der Waals surface area contributed by atoms with Crippen LogP contribution < -0.4 is 19.7 Å². The molecule has 2 saturated heterocycles. The van der Waals surface area contributed by atoms with Crippen molar-refractivity contribution in [2.24, 2.45) is 16.3 Å². The highest BCUT2D eigenvalue weighted by Crippen LogP contribution is 2.55. The van der Waals surface area contributed by atoms with Gasteiger partial charge in [0.15, 0.2) is 6.04 Å². The van der Waals surface area contributed by atoms with Crippen molar-refractivity contribution < 1.29 is 27.6 Å². The zero-order valence-corrected chi connectivity index (χ0v) is 37.0. The van der Waals surface area contributed by atoms with Crippen molar-refractivity contribution in [1.82, 2.24) is 24.9 Å². The van der Waals surface area contributed by atoms with E-state index < -0.39 is 37.8 Å². The summed E-state index contributed by atoms with van der Waals surface area (Å²) in [4.78, 5) is 42.2. The number of anilines is 1. The van der Waals surface area contributed by atoms with Gasteiger partial charge in [0.2, 0.25) is 0 Å². The molecule has 64 heavy (non-hydrogen) atoms. The first-order valence-electron chi connectivity index (χ1n) is 22.2. The van der Waals surface area contributed by atoms with Crippen LogP contribution in [-0.2, 0) is 14.8 Å². The zero-order valence-electron chi connectivity index (χ0n) is 35.4. The lowest BCUT2D eigenvalue weighted by Gasteiger charge is -2.47. The van der Waals surface area contributed by atoms with E-state index in [0.29, 0.717) is 48.2 Å². The van der Waals surface area contributed by atoms with Gasteiger partial charge in [-0.15, -0.1) is 0 Å². The molecule has 0 radical (unpaired) electrons. The van der Waals surface area contributed by atoms with Gasteiger partial charge in [0.1, 0.15) is 17.1 Å². The summed E-state index contributed by atoms with van der Waals surface area (Å²) in [5.41, 5.74) is 5.80. The fraction of sp³-hybridized carbons (Fsp3) is 0.426. The average molecular weight is 907 g/mol. The number of carbonyl (C=O) groups excluding carboxylic acids is 1. The van der Waals surface area contributed by atoms with Gasteiger partial charge in [-0.1, -0.05) is 35.7 Å². The maximum Gasteiger partial charge on any atom is 0.274 e. The third-order valence-corrected chi connectivity index (χ3v) is 15.6. The number of ether oxygens (including phenoxy) is 2. The molecule has 6 aliphatic rings. The van der Waals surface area contributed by atoms with Crippen molar-refractivity contribution in [2.45, 2.75) is 69.9 Å². The van der Waals surface area contributed by atoms with Crippen LogP contribution in [0.25, 0.3) is 16.6 Å². The predicted octanol–water partition coefficient (Wildman–Crippen LogP) is 7.61. The van der Waals surface area contributed by atoms with E-state index in [1.54, 1.807) is 30.5 Å². The molecule has 3 aliphatic heterocycles. The highest BCUT2D eigenvalue weighted by Gasteiger charge is 2.43. The number of fused-ring (bicyclic) bond motifs is 2. The number of halogens is 1. The standard InChI is InChI=1S/C47H51ClN8O7S/c48-34-4-2-31(3-5-34)39-27-47(12-1-13-47)14-8-33(39)29-54-16-18-55(19-17-54)35-6-7-38(42(24-35)63-36-23-32-9-15-49-45(32)50-28-36)46(57)53-64(60,61)37-25-40-44(41(26-37)56(58)59)52-43(51-40)22-30-10-20-62-21-11-30/h2-7,9,15,23-26,28,30,40,44H,1,8,10-14,16-22,27,29H2,(H,49,50)(H,51,52)(H,53,57). The van der Waals surface area contributed by atoms with Crippen LogP contribution in [-0.4, -0.2) is 98.0 Å². The highest BCUT2D eigenvalue weighted by molar-refractivity contribution is 7.94. The lowest BCUT2D eigenvalue weighted by Crippen LogP contribution is -2.47. The number of rotatable bonds is 12. The lowest BCUT2D eigenvalue weighted by atomic mass is 9.59.